The van der Waals surface area contributed by atoms with Crippen molar-refractivity contribution in [2.75, 3.05) is 0 Å². The molecule has 0 saturated carbocycles. The van der Waals surface area contributed by atoms with Crippen LogP contribution in [-0.4, -0.2) is 24.8 Å². The van der Waals surface area contributed by atoms with Gasteiger partial charge in [-0.05, 0) is 6.92 Å². The van der Waals surface area contributed by atoms with E-state index in [-0.39, 0.29) is 0 Å². The minimum atomic E-state index is 0.757. The second kappa shape index (κ2) is 4.58. The number of H-pyrrole nitrogens is 1. The summed E-state index contributed by atoms with van der Waals surface area (Å²) >= 11 is 0. The Morgan fingerprint density at radius 1 is 1.28 bits per heavy atom. The quantitative estimate of drug-likeness (QED) is 0.717. The third kappa shape index (κ3) is 2.23. The second-order valence-electron chi connectivity index (χ2n) is 4.26. The predicted molar refractivity (Wildman–Crippen MR) is 66.9 cm³/mol. The number of fused-ring (bicyclic) bond motifs is 1. The van der Waals surface area contributed by atoms with E-state index >= 15 is 0 Å². The molecule has 0 fully saturated rings. The number of hydrogen-bond donors (Lipinski definition) is 2. The van der Waals surface area contributed by atoms with Gasteiger partial charge in [-0.1, -0.05) is 0 Å². The van der Waals surface area contributed by atoms with Gasteiger partial charge in [0.15, 0.2) is 5.65 Å². The molecule has 0 amide bonds. The van der Waals surface area contributed by atoms with Crippen molar-refractivity contribution in [3.8, 4) is 0 Å². The van der Waals surface area contributed by atoms with Crippen molar-refractivity contribution in [1.82, 2.24) is 30.1 Å². The molecule has 0 saturated heterocycles. The molecule has 0 radical (unpaired) electrons. The van der Waals surface area contributed by atoms with E-state index in [1.165, 1.54) is 0 Å². The molecule has 18 heavy (non-hydrogen) atoms. The number of hydrogen-bond acceptors (Lipinski definition) is 4. The largest absolute Gasteiger partial charge is 0.308 e. The van der Waals surface area contributed by atoms with Gasteiger partial charge in [0.2, 0.25) is 0 Å². The van der Waals surface area contributed by atoms with E-state index in [1.807, 2.05) is 42.3 Å². The molecule has 3 aromatic heterocycles. The van der Waals surface area contributed by atoms with Gasteiger partial charge in [0.1, 0.15) is 0 Å². The highest BCUT2D eigenvalue weighted by Gasteiger charge is 2.01. The van der Waals surface area contributed by atoms with E-state index in [0.29, 0.717) is 0 Å². The summed E-state index contributed by atoms with van der Waals surface area (Å²) in [5, 5.41) is 14.4. The lowest BCUT2D eigenvalue weighted by Gasteiger charge is -2.03. The Bertz CT molecular complexity index is 640. The first-order chi connectivity index (χ1) is 8.81. The minimum Gasteiger partial charge on any atom is -0.308 e. The fraction of sp³-hybridized carbons (Fsp3) is 0.250. The zero-order valence-corrected chi connectivity index (χ0v) is 10.1. The molecule has 0 atom stereocenters. The first-order valence-electron chi connectivity index (χ1n) is 5.80. The number of aryl methyl sites for hydroxylation is 1. The number of aromatic amines is 1. The van der Waals surface area contributed by atoms with Crippen molar-refractivity contribution >= 4 is 5.65 Å². The van der Waals surface area contributed by atoms with Gasteiger partial charge in [-0.15, -0.1) is 0 Å². The molecule has 3 aromatic rings. The highest BCUT2D eigenvalue weighted by molar-refractivity contribution is 5.38. The summed E-state index contributed by atoms with van der Waals surface area (Å²) in [6.45, 7) is 3.51. The number of nitrogens with zero attached hydrogens (tertiary/aromatic N) is 4. The Balaban J connectivity index is 1.67. The summed E-state index contributed by atoms with van der Waals surface area (Å²) in [4.78, 5) is 4.36. The zero-order valence-electron chi connectivity index (χ0n) is 10.1. The van der Waals surface area contributed by atoms with Crippen LogP contribution in [0.25, 0.3) is 5.65 Å². The molecule has 3 heterocycles. The Labute approximate surface area is 104 Å². The Morgan fingerprint density at radius 3 is 3.00 bits per heavy atom. The van der Waals surface area contributed by atoms with Crippen LogP contribution in [0.4, 0.5) is 0 Å². The first kappa shape index (κ1) is 10.9. The molecule has 0 unspecified atom stereocenters. The van der Waals surface area contributed by atoms with Gasteiger partial charge in [0.05, 0.1) is 11.9 Å². The number of rotatable bonds is 4. The fourth-order valence-electron chi connectivity index (χ4n) is 1.85. The van der Waals surface area contributed by atoms with E-state index in [9.17, 15) is 0 Å². The second-order valence-corrected chi connectivity index (χ2v) is 4.26. The summed E-state index contributed by atoms with van der Waals surface area (Å²) in [6, 6.07) is 1.96. The molecule has 2 N–H and O–H groups in total. The van der Waals surface area contributed by atoms with E-state index in [0.717, 1.165) is 35.6 Å². The Morgan fingerprint density at radius 2 is 2.17 bits per heavy atom. The highest BCUT2D eigenvalue weighted by atomic mass is 15.2. The molecule has 0 aliphatic carbocycles. The minimum absolute atomic E-state index is 0.757. The predicted octanol–water partition coefficient (Wildman–Crippen LogP) is 1.05. The van der Waals surface area contributed by atoms with E-state index < -0.39 is 0 Å². The molecular formula is C12H14N6. The van der Waals surface area contributed by atoms with Gasteiger partial charge in [0, 0.05) is 48.9 Å². The average Bonchev–Trinajstić information content (AvgIpc) is 2.96. The maximum Gasteiger partial charge on any atom is 0.155 e. The van der Waals surface area contributed by atoms with Gasteiger partial charge in [-0.2, -0.15) is 10.2 Å². The first-order valence-corrected chi connectivity index (χ1v) is 5.80. The average molecular weight is 242 g/mol. The van der Waals surface area contributed by atoms with Gasteiger partial charge in [-0.3, -0.25) is 5.10 Å². The van der Waals surface area contributed by atoms with Crippen molar-refractivity contribution in [3.63, 3.8) is 0 Å². The van der Waals surface area contributed by atoms with Gasteiger partial charge >= 0.3 is 0 Å². The van der Waals surface area contributed by atoms with Crippen molar-refractivity contribution in [2.45, 2.75) is 20.0 Å². The molecular weight excluding hydrogens is 228 g/mol. The summed E-state index contributed by atoms with van der Waals surface area (Å²) in [5.74, 6) is 0. The zero-order chi connectivity index (χ0) is 12.4. The lowest BCUT2D eigenvalue weighted by atomic mass is 10.3. The van der Waals surface area contributed by atoms with Gasteiger partial charge < -0.3 is 5.32 Å². The monoisotopic (exact) mass is 242 g/mol. The smallest absolute Gasteiger partial charge is 0.155 e. The third-order valence-corrected chi connectivity index (χ3v) is 2.70. The lowest BCUT2D eigenvalue weighted by molar-refractivity contribution is 0.686. The number of nitrogens with one attached hydrogen (secondary N) is 2. The number of aromatic nitrogens is 5. The SMILES string of the molecule is Cc1cc2ncc(CNCc3cn[nH]c3)cn2n1. The van der Waals surface area contributed by atoms with E-state index in [4.69, 9.17) is 0 Å². The maximum absolute atomic E-state index is 4.36. The normalized spacial score (nSPS) is 11.2. The van der Waals surface area contributed by atoms with Crippen LogP contribution >= 0.6 is 0 Å². The summed E-state index contributed by atoms with van der Waals surface area (Å²) in [7, 11) is 0. The molecule has 0 spiro atoms. The van der Waals surface area contributed by atoms with Crippen LogP contribution in [-0.2, 0) is 13.1 Å². The topological polar surface area (TPSA) is 70.9 Å². The van der Waals surface area contributed by atoms with E-state index in [1.54, 1.807) is 0 Å². The molecule has 0 bridgehead atoms. The Hall–Kier alpha value is -2.21. The van der Waals surface area contributed by atoms with Crippen LogP contribution in [0.1, 0.15) is 16.8 Å². The highest BCUT2D eigenvalue weighted by Crippen LogP contribution is 2.04. The van der Waals surface area contributed by atoms with Gasteiger partial charge in [0.25, 0.3) is 0 Å². The molecule has 3 rings (SSSR count). The maximum atomic E-state index is 4.36. The van der Waals surface area contributed by atoms with Crippen LogP contribution in [0, 0.1) is 6.92 Å². The molecule has 0 aromatic carbocycles. The van der Waals surface area contributed by atoms with Crippen LogP contribution in [0.2, 0.25) is 0 Å². The van der Waals surface area contributed by atoms with Crippen LogP contribution in [0.5, 0.6) is 0 Å². The van der Waals surface area contributed by atoms with Crippen molar-refractivity contribution in [3.05, 3.63) is 47.7 Å². The summed E-state index contributed by atoms with van der Waals surface area (Å²) < 4.78 is 1.81. The molecule has 6 nitrogen and oxygen atoms in total. The molecule has 92 valence electrons. The molecule has 6 heteroatoms. The standard InChI is InChI=1S/C12H14N6/c1-9-2-12-14-5-11(8-18(12)17-9)4-13-3-10-6-15-16-7-10/h2,5-8,13H,3-4H2,1H3,(H,15,16). The molecule has 0 aliphatic rings. The lowest BCUT2D eigenvalue weighted by Crippen LogP contribution is -2.13. The summed E-state index contributed by atoms with van der Waals surface area (Å²) in [6.07, 6.45) is 7.56. The van der Waals surface area contributed by atoms with Crippen molar-refractivity contribution in [1.29, 1.82) is 0 Å². The van der Waals surface area contributed by atoms with Crippen LogP contribution in [0.15, 0.2) is 30.9 Å². The van der Waals surface area contributed by atoms with Crippen LogP contribution < -0.4 is 5.32 Å². The van der Waals surface area contributed by atoms with E-state index in [2.05, 4.69) is 25.6 Å². The van der Waals surface area contributed by atoms with Crippen molar-refractivity contribution in [2.24, 2.45) is 0 Å². The summed E-state index contributed by atoms with van der Waals surface area (Å²) in [5.41, 5.74) is 4.10. The van der Waals surface area contributed by atoms with Crippen LogP contribution in [0.3, 0.4) is 0 Å². The van der Waals surface area contributed by atoms with Gasteiger partial charge in [-0.25, -0.2) is 9.50 Å². The van der Waals surface area contributed by atoms with Crippen molar-refractivity contribution < 1.29 is 0 Å². The fourth-order valence-corrected chi connectivity index (χ4v) is 1.85. The Kier molecular flexibility index (Phi) is 2.77. The third-order valence-electron chi connectivity index (χ3n) is 2.70. The molecule has 0 aliphatic heterocycles.